The molecule has 1 aromatic heterocycles. The van der Waals surface area contributed by atoms with Gasteiger partial charge in [0.15, 0.2) is 17.5 Å². The minimum absolute atomic E-state index is 0.377. The minimum Gasteiger partial charge on any atom is -0.208 e. The van der Waals surface area contributed by atoms with Gasteiger partial charge in [0.1, 0.15) is 0 Å². The molecule has 43 heavy (non-hydrogen) atoms. The van der Waals surface area contributed by atoms with Gasteiger partial charge in [-0.05, 0) is 27.8 Å². The summed E-state index contributed by atoms with van der Waals surface area (Å²) < 4.78 is 0. The van der Waals surface area contributed by atoms with E-state index in [0.29, 0.717) is 28.6 Å². The van der Waals surface area contributed by atoms with Crippen molar-refractivity contribution in [3.8, 4) is 56.4 Å². The van der Waals surface area contributed by atoms with Crippen LogP contribution in [0.3, 0.4) is 0 Å². The lowest BCUT2D eigenvalue weighted by Crippen LogP contribution is -2.06. The number of rotatable bonds is 5. The van der Waals surface area contributed by atoms with E-state index in [0.717, 1.165) is 27.8 Å². The van der Waals surface area contributed by atoms with Gasteiger partial charge in [-0.2, -0.15) is 0 Å². The van der Waals surface area contributed by atoms with Crippen LogP contribution < -0.4 is 0 Å². The van der Waals surface area contributed by atoms with E-state index < -0.39 is 0 Å². The van der Waals surface area contributed by atoms with Gasteiger partial charge in [0.2, 0.25) is 0 Å². The summed E-state index contributed by atoms with van der Waals surface area (Å²) in [5.41, 5.74) is 9.03. The van der Waals surface area contributed by atoms with Gasteiger partial charge >= 0.3 is 0 Å². The Morgan fingerprint density at radius 1 is 0.419 bits per heavy atom. The van der Waals surface area contributed by atoms with Crippen LogP contribution >= 0.6 is 11.8 Å². The number of thioether (sulfide) groups is 1. The van der Waals surface area contributed by atoms with Crippen molar-refractivity contribution in [3.05, 3.63) is 157 Å². The summed E-state index contributed by atoms with van der Waals surface area (Å²) in [6, 6.07) is 44.4. The average molecular weight is 570 g/mol. The zero-order chi connectivity index (χ0) is 28.6. The van der Waals surface area contributed by atoms with Gasteiger partial charge in [0.05, 0.1) is 0 Å². The fraction of sp³-hybridized carbons (Fsp3) is 0.0513. The summed E-state index contributed by atoms with van der Waals surface area (Å²) in [6.45, 7) is 0. The molecule has 1 aliphatic heterocycles. The van der Waals surface area contributed by atoms with E-state index in [2.05, 4.69) is 140 Å². The van der Waals surface area contributed by atoms with E-state index in [1.807, 2.05) is 23.9 Å². The monoisotopic (exact) mass is 569 g/mol. The molecule has 3 nitrogen and oxygen atoms in total. The van der Waals surface area contributed by atoms with Crippen molar-refractivity contribution in [2.24, 2.45) is 0 Å². The Labute approximate surface area is 255 Å². The van der Waals surface area contributed by atoms with Gasteiger partial charge in [0.25, 0.3) is 0 Å². The zero-order valence-electron chi connectivity index (χ0n) is 23.3. The Hall–Kier alpha value is -5.06. The molecule has 5 aromatic carbocycles. The Morgan fingerprint density at radius 3 is 1.49 bits per heavy atom. The lowest BCUT2D eigenvalue weighted by molar-refractivity contribution is 0.880. The van der Waals surface area contributed by atoms with Crippen LogP contribution in [0.1, 0.15) is 11.5 Å². The van der Waals surface area contributed by atoms with E-state index in [1.54, 1.807) is 0 Å². The molecule has 6 aromatic rings. The van der Waals surface area contributed by atoms with Crippen LogP contribution in [0.25, 0.3) is 56.4 Å². The molecular formula is C39H27N3S. The van der Waals surface area contributed by atoms with Crippen LogP contribution in [-0.2, 0) is 0 Å². The van der Waals surface area contributed by atoms with Crippen molar-refractivity contribution in [2.75, 3.05) is 0 Å². The lowest BCUT2D eigenvalue weighted by atomic mass is 9.91. The summed E-state index contributed by atoms with van der Waals surface area (Å²) in [6.07, 6.45) is 8.91. The molecular weight excluding hydrogens is 543 g/mol. The maximum absolute atomic E-state index is 5.09. The number of fused-ring (bicyclic) bond motifs is 3. The highest BCUT2D eigenvalue weighted by Gasteiger charge is 2.33. The molecule has 1 aliphatic carbocycles. The van der Waals surface area contributed by atoms with Crippen molar-refractivity contribution in [1.82, 2.24) is 15.0 Å². The Balaban J connectivity index is 1.24. The molecule has 2 atom stereocenters. The maximum Gasteiger partial charge on any atom is 0.165 e. The highest BCUT2D eigenvalue weighted by molar-refractivity contribution is 8.00. The molecule has 4 heteroatoms. The molecule has 0 radical (unpaired) electrons. The quantitative estimate of drug-likeness (QED) is 0.207. The van der Waals surface area contributed by atoms with Gasteiger partial charge < -0.3 is 0 Å². The van der Waals surface area contributed by atoms with Gasteiger partial charge in [-0.3, -0.25) is 0 Å². The summed E-state index contributed by atoms with van der Waals surface area (Å²) in [5, 5.41) is 0.401. The van der Waals surface area contributed by atoms with Crippen LogP contribution in [0.4, 0.5) is 0 Å². The lowest BCUT2D eigenvalue weighted by Gasteiger charge is -2.14. The molecule has 8 rings (SSSR count). The van der Waals surface area contributed by atoms with Crippen molar-refractivity contribution in [1.29, 1.82) is 0 Å². The molecule has 0 amide bonds. The summed E-state index contributed by atoms with van der Waals surface area (Å²) >= 11 is 1.91. The molecule has 0 N–H and O–H groups in total. The van der Waals surface area contributed by atoms with Crippen LogP contribution in [0, 0.1) is 0 Å². The summed E-state index contributed by atoms with van der Waals surface area (Å²) in [7, 11) is 0. The fourth-order valence-corrected chi connectivity index (χ4v) is 7.33. The number of nitrogens with zero attached hydrogens (tertiary/aromatic N) is 3. The van der Waals surface area contributed by atoms with Crippen LogP contribution in [0.2, 0.25) is 0 Å². The number of aromatic nitrogens is 3. The number of hydrogen-bond acceptors (Lipinski definition) is 4. The molecule has 0 fully saturated rings. The van der Waals surface area contributed by atoms with E-state index in [1.165, 1.54) is 21.6 Å². The number of hydrogen-bond donors (Lipinski definition) is 0. The first kappa shape index (κ1) is 25.6. The van der Waals surface area contributed by atoms with E-state index >= 15 is 0 Å². The Kier molecular flexibility index (Phi) is 6.54. The minimum atomic E-state index is 0.377. The predicted octanol–water partition coefficient (Wildman–Crippen LogP) is 9.89. The van der Waals surface area contributed by atoms with Gasteiger partial charge in [0, 0.05) is 32.8 Å². The number of benzene rings is 5. The van der Waals surface area contributed by atoms with E-state index in [9.17, 15) is 0 Å². The molecule has 2 heterocycles. The second-order valence-corrected chi connectivity index (χ2v) is 12.0. The summed E-state index contributed by atoms with van der Waals surface area (Å²) in [5.74, 6) is 2.42. The zero-order valence-corrected chi connectivity index (χ0v) is 24.2. The first-order chi connectivity index (χ1) is 21.3. The normalized spacial score (nSPS) is 16.6. The maximum atomic E-state index is 5.09. The SMILES string of the molecule is C1=CC2Sc3c(-c4nc(-c5ccc(-c6ccccc6)cc5)nc(-c5ccc(-c6ccccc6)cc5)n4)cccc3C2C=C1. The summed E-state index contributed by atoms with van der Waals surface area (Å²) in [4.78, 5) is 16.5. The highest BCUT2D eigenvalue weighted by Crippen LogP contribution is 2.51. The van der Waals surface area contributed by atoms with Gasteiger partial charge in [-0.15, -0.1) is 11.8 Å². The highest BCUT2D eigenvalue weighted by atomic mass is 32.2. The number of allylic oxidation sites excluding steroid dienone is 3. The van der Waals surface area contributed by atoms with Crippen molar-refractivity contribution >= 4 is 11.8 Å². The van der Waals surface area contributed by atoms with Crippen molar-refractivity contribution in [2.45, 2.75) is 16.1 Å². The van der Waals surface area contributed by atoms with Gasteiger partial charge in [-0.1, -0.05) is 152 Å². The van der Waals surface area contributed by atoms with E-state index in [-0.39, 0.29) is 0 Å². The molecule has 2 aliphatic rings. The standard InChI is InChI=1S/C39H27N3S/c1-3-10-26(11-4-1)28-18-22-30(23-19-28)37-40-38(31-24-20-29(21-25-31)27-12-5-2-6-13-27)42-39(41-37)34-16-9-15-33-32-14-7-8-17-35(32)43-36(33)34/h1-25,32,35H. The average Bonchev–Trinajstić information content (AvgIpc) is 3.48. The second kappa shape index (κ2) is 11.0. The van der Waals surface area contributed by atoms with Crippen molar-refractivity contribution < 1.29 is 0 Å². The van der Waals surface area contributed by atoms with Crippen LogP contribution in [-0.4, -0.2) is 20.2 Å². The molecule has 2 unspecified atom stereocenters. The second-order valence-electron chi connectivity index (χ2n) is 10.8. The van der Waals surface area contributed by atoms with Crippen molar-refractivity contribution in [3.63, 3.8) is 0 Å². The van der Waals surface area contributed by atoms with Crippen LogP contribution in [0.15, 0.2) is 157 Å². The van der Waals surface area contributed by atoms with Crippen LogP contribution in [0.5, 0.6) is 0 Å². The Bertz CT molecular complexity index is 1880. The first-order valence-corrected chi connectivity index (χ1v) is 15.4. The topological polar surface area (TPSA) is 38.7 Å². The largest absolute Gasteiger partial charge is 0.208 e. The molecule has 0 saturated carbocycles. The molecule has 0 bridgehead atoms. The third kappa shape index (κ3) is 4.90. The third-order valence-electron chi connectivity index (χ3n) is 8.12. The molecule has 0 spiro atoms. The predicted molar refractivity (Wildman–Crippen MR) is 178 cm³/mol. The third-order valence-corrected chi connectivity index (χ3v) is 9.53. The van der Waals surface area contributed by atoms with E-state index in [4.69, 9.17) is 15.0 Å². The Morgan fingerprint density at radius 2 is 0.907 bits per heavy atom. The van der Waals surface area contributed by atoms with Gasteiger partial charge in [-0.25, -0.2) is 15.0 Å². The molecule has 0 saturated heterocycles. The first-order valence-electron chi connectivity index (χ1n) is 14.5. The molecule has 204 valence electrons. The smallest absolute Gasteiger partial charge is 0.165 e. The fourth-order valence-electron chi connectivity index (χ4n) is 5.88.